The molecule has 0 amide bonds. The molecule has 3 aromatic carbocycles. The topological polar surface area (TPSA) is 9.23 Å². The summed E-state index contributed by atoms with van der Waals surface area (Å²) in [5, 5.41) is 0. The molecule has 0 spiro atoms. The zero-order valence-corrected chi connectivity index (χ0v) is 15.9. The van der Waals surface area contributed by atoms with Gasteiger partial charge in [0.05, 0.1) is 0 Å². The van der Waals surface area contributed by atoms with E-state index in [1.54, 1.807) is 0 Å². The summed E-state index contributed by atoms with van der Waals surface area (Å²) < 4.78 is 5.69. The van der Waals surface area contributed by atoms with Crippen LogP contribution in [0, 0.1) is 20.8 Å². The lowest BCUT2D eigenvalue weighted by Gasteiger charge is -2.05. The molecule has 0 aromatic heterocycles. The molecule has 3 rings (SSSR count). The maximum absolute atomic E-state index is 5.69. The van der Waals surface area contributed by atoms with Gasteiger partial charge in [-0.05, 0) is 56.5 Å². The molecule has 0 heterocycles. The van der Waals surface area contributed by atoms with E-state index in [9.17, 15) is 0 Å². The molecule has 0 fully saturated rings. The standard InChI is InChI=1S/C14H14O.C10H14/c1-11-3-7-13(8-4-11)15-14-9-5-12(2)6-10-14;1-8(2)10-6-4-9(3)5-7-10/h3-10H,1-2H3;4-8H,1-3H3. The summed E-state index contributed by atoms with van der Waals surface area (Å²) in [6.45, 7) is 10.7. The average molecular weight is 332 g/mol. The summed E-state index contributed by atoms with van der Waals surface area (Å²) in [7, 11) is 0. The van der Waals surface area contributed by atoms with Crippen molar-refractivity contribution in [2.75, 3.05) is 0 Å². The number of aryl methyl sites for hydroxylation is 3. The summed E-state index contributed by atoms with van der Waals surface area (Å²) in [4.78, 5) is 0. The number of rotatable bonds is 3. The minimum Gasteiger partial charge on any atom is -0.457 e. The first-order valence-electron chi connectivity index (χ1n) is 8.82. The zero-order chi connectivity index (χ0) is 18.2. The van der Waals surface area contributed by atoms with Crippen LogP contribution in [0.4, 0.5) is 0 Å². The number of hydrogen-bond acceptors (Lipinski definition) is 1. The third kappa shape index (κ3) is 6.46. The van der Waals surface area contributed by atoms with Crippen LogP contribution in [0.3, 0.4) is 0 Å². The largest absolute Gasteiger partial charge is 0.457 e. The van der Waals surface area contributed by atoms with Crippen molar-refractivity contribution in [3.8, 4) is 11.5 Å². The van der Waals surface area contributed by atoms with Crippen LogP contribution < -0.4 is 4.74 Å². The predicted octanol–water partition coefficient (Wildman–Crippen LogP) is 7.21. The van der Waals surface area contributed by atoms with E-state index < -0.39 is 0 Å². The van der Waals surface area contributed by atoms with Gasteiger partial charge in [-0.25, -0.2) is 0 Å². The van der Waals surface area contributed by atoms with Crippen molar-refractivity contribution in [3.05, 3.63) is 95.1 Å². The minimum atomic E-state index is 0.653. The quantitative estimate of drug-likeness (QED) is 0.492. The molecule has 0 N–H and O–H groups in total. The highest BCUT2D eigenvalue weighted by molar-refractivity contribution is 5.34. The predicted molar refractivity (Wildman–Crippen MR) is 108 cm³/mol. The summed E-state index contributed by atoms with van der Waals surface area (Å²) in [6.07, 6.45) is 0. The number of ether oxygens (including phenoxy) is 1. The van der Waals surface area contributed by atoms with Crippen LogP contribution in [0.2, 0.25) is 0 Å². The second-order valence-electron chi connectivity index (χ2n) is 6.79. The Balaban J connectivity index is 0.000000196. The average Bonchev–Trinajstić information content (AvgIpc) is 2.60. The number of hydrogen-bond donors (Lipinski definition) is 0. The highest BCUT2D eigenvalue weighted by Gasteiger charge is 1.96. The summed E-state index contributed by atoms with van der Waals surface area (Å²) in [6, 6.07) is 24.8. The molecular weight excluding hydrogens is 304 g/mol. The minimum absolute atomic E-state index is 0.653. The maximum atomic E-state index is 5.69. The lowest BCUT2D eigenvalue weighted by molar-refractivity contribution is 0.482. The molecule has 1 heteroatoms. The fourth-order valence-corrected chi connectivity index (χ4v) is 2.30. The molecule has 25 heavy (non-hydrogen) atoms. The molecule has 0 aliphatic rings. The second-order valence-corrected chi connectivity index (χ2v) is 6.79. The van der Waals surface area contributed by atoms with Crippen LogP contribution in [0.5, 0.6) is 11.5 Å². The molecule has 0 bridgehead atoms. The Morgan fingerprint density at radius 2 is 0.840 bits per heavy atom. The normalized spacial score (nSPS) is 10.2. The third-order valence-electron chi connectivity index (χ3n) is 4.02. The van der Waals surface area contributed by atoms with Gasteiger partial charge in [0.1, 0.15) is 11.5 Å². The van der Waals surface area contributed by atoms with Crippen molar-refractivity contribution in [3.63, 3.8) is 0 Å². The van der Waals surface area contributed by atoms with Crippen molar-refractivity contribution in [1.29, 1.82) is 0 Å². The van der Waals surface area contributed by atoms with Crippen molar-refractivity contribution in [1.82, 2.24) is 0 Å². The smallest absolute Gasteiger partial charge is 0.127 e. The summed E-state index contributed by atoms with van der Waals surface area (Å²) in [5.74, 6) is 2.41. The summed E-state index contributed by atoms with van der Waals surface area (Å²) >= 11 is 0. The van der Waals surface area contributed by atoms with Crippen LogP contribution in [-0.2, 0) is 0 Å². The van der Waals surface area contributed by atoms with Crippen LogP contribution in [0.25, 0.3) is 0 Å². The molecule has 0 aliphatic carbocycles. The van der Waals surface area contributed by atoms with Gasteiger partial charge < -0.3 is 4.74 Å². The molecule has 130 valence electrons. The van der Waals surface area contributed by atoms with Gasteiger partial charge in [-0.1, -0.05) is 79.1 Å². The Hall–Kier alpha value is -2.54. The van der Waals surface area contributed by atoms with Gasteiger partial charge in [0.2, 0.25) is 0 Å². The van der Waals surface area contributed by atoms with Gasteiger partial charge in [-0.15, -0.1) is 0 Å². The van der Waals surface area contributed by atoms with Gasteiger partial charge in [0.25, 0.3) is 0 Å². The van der Waals surface area contributed by atoms with E-state index in [0.717, 1.165) is 11.5 Å². The van der Waals surface area contributed by atoms with E-state index in [1.807, 2.05) is 48.5 Å². The molecule has 0 radical (unpaired) electrons. The first-order chi connectivity index (χ1) is 11.9. The molecule has 3 aromatic rings. The van der Waals surface area contributed by atoms with E-state index in [4.69, 9.17) is 4.74 Å². The molecular formula is C24H28O. The first kappa shape index (κ1) is 18.8. The van der Waals surface area contributed by atoms with Gasteiger partial charge in [0, 0.05) is 0 Å². The Morgan fingerprint density at radius 3 is 1.16 bits per heavy atom. The van der Waals surface area contributed by atoms with Gasteiger partial charge >= 0.3 is 0 Å². The fourth-order valence-electron chi connectivity index (χ4n) is 2.30. The van der Waals surface area contributed by atoms with E-state index in [-0.39, 0.29) is 0 Å². The Morgan fingerprint density at radius 1 is 0.520 bits per heavy atom. The molecule has 0 unspecified atom stereocenters. The van der Waals surface area contributed by atoms with E-state index in [2.05, 4.69) is 58.9 Å². The maximum Gasteiger partial charge on any atom is 0.127 e. The van der Waals surface area contributed by atoms with E-state index >= 15 is 0 Å². The van der Waals surface area contributed by atoms with Crippen molar-refractivity contribution in [2.45, 2.75) is 40.5 Å². The lowest BCUT2D eigenvalue weighted by Crippen LogP contribution is -1.85. The molecule has 0 saturated carbocycles. The first-order valence-corrected chi connectivity index (χ1v) is 8.82. The highest BCUT2D eigenvalue weighted by Crippen LogP contribution is 2.21. The van der Waals surface area contributed by atoms with Crippen LogP contribution in [-0.4, -0.2) is 0 Å². The Labute approximate surface area is 152 Å². The third-order valence-corrected chi connectivity index (χ3v) is 4.02. The van der Waals surface area contributed by atoms with Crippen LogP contribution >= 0.6 is 0 Å². The Kier molecular flexibility index (Phi) is 6.82. The van der Waals surface area contributed by atoms with Gasteiger partial charge in [-0.2, -0.15) is 0 Å². The van der Waals surface area contributed by atoms with E-state index in [1.165, 1.54) is 22.3 Å². The molecule has 1 nitrogen and oxygen atoms in total. The second kappa shape index (κ2) is 9.08. The highest BCUT2D eigenvalue weighted by atomic mass is 16.5. The van der Waals surface area contributed by atoms with Gasteiger partial charge in [0.15, 0.2) is 0 Å². The molecule has 0 aliphatic heterocycles. The Bertz CT molecular complexity index is 707. The monoisotopic (exact) mass is 332 g/mol. The summed E-state index contributed by atoms with van der Waals surface area (Å²) in [5.41, 5.74) is 5.24. The fraction of sp³-hybridized carbons (Fsp3) is 0.250. The lowest BCUT2D eigenvalue weighted by atomic mass is 10.0. The van der Waals surface area contributed by atoms with Crippen LogP contribution in [0.1, 0.15) is 42.0 Å². The van der Waals surface area contributed by atoms with Crippen molar-refractivity contribution in [2.24, 2.45) is 0 Å². The number of benzene rings is 3. The van der Waals surface area contributed by atoms with Crippen LogP contribution in [0.15, 0.2) is 72.8 Å². The van der Waals surface area contributed by atoms with Gasteiger partial charge in [-0.3, -0.25) is 0 Å². The van der Waals surface area contributed by atoms with Crippen molar-refractivity contribution < 1.29 is 4.74 Å². The zero-order valence-electron chi connectivity index (χ0n) is 15.9. The molecule has 0 saturated heterocycles. The van der Waals surface area contributed by atoms with E-state index in [0.29, 0.717) is 5.92 Å². The van der Waals surface area contributed by atoms with Crippen molar-refractivity contribution >= 4 is 0 Å². The molecule has 0 atom stereocenters. The SMILES string of the molecule is Cc1ccc(C(C)C)cc1.Cc1ccc(Oc2ccc(C)cc2)cc1.